The van der Waals surface area contributed by atoms with Crippen LogP contribution in [0, 0.1) is 0 Å². The highest BCUT2D eigenvalue weighted by Gasteiger charge is 2.16. The quantitative estimate of drug-likeness (QED) is 0.832. The van der Waals surface area contributed by atoms with Crippen molar-refractivity contribution in [1.29, 1.82) is 0 Å². The van der Waals surface area contributed by atoms with Gasteiger partial charge in [-0.1, -0.05) is 6.92 Å². The molecule has 0 aromatic carbocycles. The van der Waals surface area contributed by atoms with E-state index < -0.39 is 0 Å². The van der Waals surface area contributed by atoms with Crippen LogP contribution >= 0.6 is 0 Å². The molecular weight excluding hydrogens is 246 g/mol. The van der Waals surface area contributed by atoms with E-state index >= 15 is 0 Å². The van der Waals surface area contributed by atoms with Crippen LogP contribution in [-0.4, -0.2) is 25.7 Å². The topological polar surface area (TPSA) is 92.7 Å². The standard InChI is InChI=1S/C12H15N5O2/c1-3-9(8-4-15-17(2)7-8)16-12(19)10-5-14-11(18)6-13-10/h4-7,9H,3H2,1-2H3,(H,14,18)(H,16,19)/t9-/m1/s1. The highest BCUT2D eigenvalue weighted by atomic mass is 16.2. The summed E-state index contributed by atoms with van der Waals surface area (Å²) in [6, 6.07) is -0.130. The number of aromatic nitrogens is 4. The van der Waals surface area contributed by atoms with Gasteiger partial charge in [-0.25, -0.2) is 4.98 Å². The highest BCUT2D eigenvalue weighted by Crippen LogP contribution is 2.15. The molecule has 0 bridgehead atoms. The third-order valence-electron chi connectivity index (χ3n) is 2.75. The van der Waals surface area contributed by atoms with Crippen LogP contribution in [0.4, 0.5) is 0 Å². The Kier molecular flexibility index (Phi) is 3.74. The molecule has 100 valence electrons. The largest absolute Gasteiger partial charge is 0.344 e. The molecule has 0 saturated heterocycles. The zero-order valence-electron chi connectivity index (χ0n) is 10.8. The van der Waals surface area contributed by atoms with Crippen LogP contribution in [0.25, 0.3) is 0 Å². The molecule has 1 amide bonds. The van der Waals surface area contributed by atoms with Crippen molar-refractivity contribution in [2.45, 2.75) is 19.4 Å². The third-order valence-corrected chi connectivity index (χ3v) is 2.75. The van der Waals surface area contributed by atoms with Crippen molar-refractivity contribution < 1.29 is 4.79 Å². The van der Waals surface area contributed by atoms with Gasteiger partial charge in [0.05, 0.1) is 18.4 Å². The molecule has 19 heavy (non-hydrogen) atoms. The number of nitrogens with one attached hydrogen (secondary N) is 2. The molecule has 2 rings (SSSR count). The molecular formula is C12H15N5O2. The van der Waals surface area contributed by atoms with Crippen molar-refractivity contribution in [2.75, 3.05) is 0 Å². The Morgan fingerprint density at radius 2 is 2.32 bits per heavy atom. The Morgan fingerprint density at radius 1 is 1.53 bits per heavy atom. The molecule has 0 aliphatic heterocycles. The number of nitrogens with zero attached hydrogens (tertiary/aromatic N) is 3. The number of rotatable bonds is 4. The second-order valence-electron chi connectivity index (χ2n) is 4.18. The molecule has 2 aromatic heterocycles. The fraction of sp³-hybridized carbons (Fsp3) is 0.333. The van der Waals surface area contributed by atoms with Crippen molar-refractivity contribution in [1.82, 2.24) is 25.1 Å². The zero-order chi connectivity index (χ0) is 13.8. The fourth-order valence-electron chi connectivity index (χ4n) is 1.74. The number of hydrogen-bond acceptors (Lipinski definition) is 4. The van der Waals surface area contributed by atoms with Gasteiger partial charge in [0.15, 0.2) is 0 Å². The summed E-state index contributed by atoms with van der Waals surface area (Å²) >= 11 is 0. The van der Waals surface area contributed by atoms with Gasteiger partial charge in [0.1, 0.15) is 5.69 Å². The maximum Gasteiger partial charge on any atom is 0.271 e. The van der Waals surface area contributed by atoms with Crippen LogP contribution in [0.15, 0.2) is 29.6 Å². The lowest BCUT2D eigenvalue weighted by molar-refractivity contribution is 0.0930. The molecule has 0 radical (unpaired) electrons. The predicted molar refractivity (Wildman–Crippen MR) is 68.6 cm³/mol. The van der Waals surface area contributed by atoms with Crippen LogP contribution in [0.5, 0.6) is 0 Å². The van der Waals surface area contributed by atoms with Crippen LogP contribution in [-0.2, 0) is 7.05 Å². The van der Waals surface area contributed by atoms with Crippen molar-refractivity contribution >= 4 is 5.91 Å². The Morgan fingerprint density at radius 3 is 2.84 bits per heavy atom. The Labute approximate surface area is 109 Å². The maximum absolute atomic E-state index is 12.0. The molecule has 0 spiro atoms. The lowest BCUT2D eigenvalue weighted by Crippen LogP contribution is -2.29. The second kappa shape index (κ2) is 5.47. The van der Waals surface area contributed by atoms with Crippen LogP contribution in [0.2, 0.25) is 0 Å². The summed E-state index contributed by atoms with van der Waals surface area (Å²) in [6.07, 6.45) is 6.69. The minimum atomic E-state index is -0.337. The van der Waals surface area contributed by atoms with Gasteiger partial charge in [0.2, 0.25) is 0 Å². The third kappa shape index (κ3) is 3.06. The van der Waals surface area contributed by atoms with Gasteiger partial charge in [-0.3, -0.25) is 14.3 Å². The summed E-state index contributed by atoms with van der Waals surface area (Å²) < 4.78 is 1.68. The molecule has 7 heteroatoms. The lowest BCUT2D eigenvalue weighted by atomic mass is 10.1. The predicted octanol–water partition coefficient (Wildman–Crippen LogP) is 0.384. The normalized spacial score (nSPS) is 12.1. The van der Waals surface area contributed by atoms with Crippen LogP contribution in [0.1, 0.15) is 35.4 Å². The van der Waals surface area contributed by atoms with Crippen molar-refractivity contribution in [3.05, 3.63) is 46.4 Å². The molecule has 0 aliphatic rings. The molecule has 2 aromatic rings. The van der Waals surface area contributed by atoms with Gasteiger partial charge in [-0.2, -0.15) is 5.10 Å². The first-order valence-electron chi connectivity index (χ1n) is 5.94. The maximum atomic E-state index is 12.0. The summed E-state index contributed by atoms with van der Waals surface area (Å²) in [5.74, 6) is -0.327. The molecule has 0 fully saturated rings. The van der Waals surface area contributed by atoms with E-state index in [1.807, 2.05) is 20.2 Å². The minimum Gasteiger partial charge on any atom is -0.344 e. The van der Waals surface area contributed by atoms with E-state index in [1.165, 1.54) is 6.20 Å². The van der Waals surface area contributed by atoms with E-state index in [-0.39, 0.29) is 23.2 Å². The Bertz CT molecular complexity index is 611. The van der Waals surface area contributed by atoms with Crippen LogP contribution < -0.4 is 10.9 Å². The van der Waals surface area contributed by atoms with Gasteiger partial charge in [-0.15, -0.1) is 0 Å². The van der Waals surface area contributed by atoms with Gasteiger partial charge in [0.25, 0.3) is 11.5 Å². The van der Waals surface area contributed by atoms with Gasteiger partial charge < -0.3 is 10.3 Å². The summed E-state index contributed by atoms with van der Waals surface area (Å²) in [5, 5.41) is 6.93. The SMILES string of the molecule is CC[C@@H](NC(=O)c1c[nH]c(=O)cn1)c1cnn(C)c1. The molecule has 0 unspecified atom stereocenters. The second-order valence-corrected chi connectivity index (χ2v) is 4.18. The summed E-state index contributed by atoms with van der Waals surface area (Å²) in [4.78, 5) is 29.1. The molecule has 1 atom stereocenters. The Balaban J connectivity index is 2.12. The monoisotopic (exact) mass is 261 g/mol. The molecule has 0 aliphatic carbocycles. The van der Waals surface area contributed by atoms with Crippen molar-refractivity contribution in [2.24, 2.45) is 7.05 Å². The van der Waals surface area contributed by atoms with Crippen molar-refractivity contribution in [3.8, 4) is 0 Å². The van der Waals surface area contributed by atoms with Crippen LogP contribution in [0.3, 0.4) is 0 Å². The van der Waals surface area contributed by atoms with E-state index in [2.05, 4.69) is 20.4 Å². The number of H-pyrrole nitrogens is 1. The summed E-state index contributed by atoms with van der Waals surface area (Å²) in [5.41, 5.74) is 0.778. The number of aromatic amines is 1. The summed E-state index contributed by atoms with van der Waals surface area (Å²) in [7, 11) is 1.82. The smallest absolute Gasteiger partial charge is 0.271 e. The van der Waals surface area contributed by atoms with Gasteiger partial charge in [0, 0.05) is 25.0 Å². The first kappa shape index (κ1) is 13.0. The number of carbonyl (C=O) groups is 1. The molecule has 2 heterocycles. The fourth-order valence-corrected chi connectivity index (χ4v) is 1.74. The number of carbonyl (C=O) groups excluding carboxylic acids is 1. The average molecular weight is 261 g/mol. The van der Waals surface area contributed by atoms with E-state index in [9.17, 15) is 9.59 Å². The first-order valence-corrected chi connectivity index (χ1v) is 5.94. The molecule has 0 saturated carbocycles. The van der Waals surface area contributed by atoms with Crippen molar-refractivity contribution in [3.63, 3.8) is 0 Å². The first-order chi connectivity index (χ1) is 9.10. The van der Waals surface area contributed by atoms with E-state index in [4.69, 9.17) is 0 Å². The summed E-state index contributed by atoms with van der Waals surface area (Å²) in [6.45, 7) is 1.97. The van der Waals surface area contributed by atoms with E-state index in [1.54, 1.807) is 10.9 Å². The van der Waals surface area contributed by atoms with Gasteiger partial charge >= 0.3 is 0 Å². The number of amides is 1. The Hall–Kier alpha value is -2.44. The molecule has 7 nitrogen and oxygen atoms in total. The number of hydrogen-bond donors (Lipinski definition) is 2. The molecule has 2 N–H and O–H groups in total. The minimum absolute atomic E-state index is 0.130. The van der Waals surface area contributed by atoms with Gasteiger partial charge in [-0.05, 0) is 6.42 Å². The van der Waals surface area contributed by atoms with E-state index in [0.29, 0.717) is 0 Å². The average Bonchev–Trinajstić information content (AvgIpc) is 2.83. The zero-order valence-corrected chi connectivity index (χ0v) is 10.8. The van der Waals surface area contributed by atoms with E-state index in [0.717, 1.165) is 18.2 Å². The number of aryl methyl sites for hydroxylation is 1. The highest BCUT2D eigenvalue weighted by molar-refractivity contribution is 5.92. The lowest BCUT2D eigenvalue weighted by Gasteiger charge is -2.14.